The molecule has 3 aromatic rings. The minimum atomic E-state index is -1.14. The van der Waals surface area contributed by atoms with Gasteiger partial charge in [0.25, 0.3) is 5.91 Å². The zero-order valence-electron chi connectivity index (χ0n) is 19.8. The number of amides is 1. The molecule has 3 aromatic carbocycles. The van der Waals surface area contributed by atoms with Gasteiger partial charge in [-0.05, 0) is 73.0 Å². The van der Waals surface area contributed by atoms with Crippen molar-refractivity contribution >= 4 is 51.3 Å². The second-order valence-corrected chi connectivity index (χ2v) is 8.46. The Morgan fingerprint density at radius 3 is 2.46 bits per heavy atom. The number of carbonyl (C=O) groups excluding carboxylic acids is 2. The second kappa shape index (κ2) is 12.3. The Morgan fingerprint density at radius 2 is 1.77 bits per heavy atom. The number of hydrogen-bond donors (Lipinski definition) is 1. The molecular formula is C26H23N2NaO5S. The number of amidine groups is 1. The molecule has 7 nitrogen and oxygen atoms in total. The molecule has 1 saturated heterocycles. The SMILES string of the molecule is CCOc1cc2c(OCC)cccc2cc1C=C1SC(=Nc2ccc(CC(=O)[O-])cc2)NC1=O.[Na+]. The van der Waals surface area contributed by atoms with Crippen LogP contribution in [0.15, 0.2) is 64.5 Å². The maximum atomic E-state index is 12.6. The van der Waals surface area contributed by atoms with Crippen LogP contribution in [0, 0.1) is 0 Å². The van der Waals surface area contributed by atoms with Gasteiger partial charge in [-0.3, -0.25) is 4.79 Å². The van der Waals surface area contributed by atoms with Gasteiger partial charge in [-0.15, -0.1) is 0 Å². The molecule has 1 heterocycles. The number of thioether (sulfide) groups is 1. The van der Waals surface area contributed by atoms with E-state index < -0.39 is 5.97 Å². The number of aliphatic imine (C=N–C) groups is 1. The van der Waals surface area contributed by atoms with Crippen LogP contribution in [0.4, 0.5) is 5.69 Å². The number of nitrogens with zero attached hydrogens (tertiary/aromatic N) is 1. The number of aliphatic carboxylic acids is 1. The van der Waals surface area contributed by atoms with Crippen LogP contribution in [-0.4, -0.2) is 30.3 Å². The van der Waals surface area contributed by atoms with Gasteiger partial charge < -0.3 is 24.7 Å². The molecule has 0 bridgehead atoms. The Morgan fingerprint density at radius 1 is 1.06 bits per heavy atom. The van der Waals surface area contributed by atoms with Crippen molar-refractivity contribution in [3.05, 3.63) is 70.6 Å². The molecule has 0 spiro atoms. The third-order valence-corrected chi connectivity index (χ3v) is 5.93. The first kappa shape index (κ1) is 26.8. The van der Waals surface area contributed by atoms with Gasteiger partial charge in [0, 0.05) is 23.3 Å². The standard InChI is InChI=1S/C26H24N2O5S.Na/c1-3-32-21-7-5-6-17-13-18(22(33-4-2)15-20(17)21)14-23-25(31)28-26(34-23)27-19-10-8-16(9-11-19)12-24(29)30;/h5-11,13-15H,3-4,12H2,1-2H3,(H,29,30)(H,27,28,31);/q;+1/p-1. The zero-order valence-corrected chi connectivity index (χ0v) is 22.6. The maximum absolute atomic E-state index is 12.6. The van der Waals surface area contributed by atoms with Crippen LogP contribution in [-0.2, 0) is 16.0 Å². The Kier molecular flexibility index (Phi) is 9.40. The molecule has 1 aliphatic rings. The van der Waals surface area contributed by atoms with Gasteiger partial charge >= 0.3 is 29.6 Å². The predicted octanol–water partition coefficient (Wildman–Crippen LogP) is 0.825. The van der Waals surface area contributed by atoms with E-state index >= 15 is 0 Å². The normalized spacial score (nSPS) is 15.2. The summed E-state index contributed by atoms with van der Waals surface area (Å²) in [4.78, 5) is 28.3. The Bertz CT molecular complexity index is 1310. The largest absolute Gasteiger partial charge is 1.00 e. The van der Waals surface area contributed by atoms with Crippen molar-refractivity contribution < 1.29 is 53.7 Å². The summed E-state index contributed by atoms with van der Waals surface area (Å²) in [6.07, 6.45) is 1.64. The van der Waals surface area contributed by atoms with E-state index in [9.17, 15) is 14.7 Å². The van der Waals surface area contributed by atoms with Gasteiger partial charge in [0.15, 0.2) is 5.17 Å². The number of carboxylic acid groups (broad SMARTS) is 1. The maximum Gasteiger partial charge on any atom is 1.00 e. The molecule has 1 aliphatic heterocycles. The van der Waals surface area contributed by atoms with Crippen LogP contribution in [0.2, 0.25) is 0 Å². The second-order valence-electron chi connectivity index (χ2n) is 7.43. The number of fused-ring (bicyclic) bond motifs is 1. The average molecular weight is 499 g/mol. The molecule has 0 aromatic heterocycles. The number of carboxylic acids is 1. The summed E-state index contributed by atoms with van der Waals surface area (Å²) in [6, 6.07) is 16.5. The monoisotopic (exact) mass is 498 g/mol. The first-order valence-electron chi connectivity index (χ1n) is 10.9. The van der Waals surface area contributed by atoms with Crippen LogP contribution in [0.3, 0.4) is 0 Å². The molecule has 1 fully saturated rings. The van der Waals surface area contributed by atoms with Gasteiger partial charge in [-0.2, -0.15) is 0 Å². The van der Waals surface area contributed by atoms with Crippen LogP contribution in [0.1, 0.15) is 25.0 Å². The summed E-state index contributed by atoms with van der Waals surface area (Å²) >= 11 is 1.23. The van der Waals surface area contributed by atoms with Crippen molar-refractivity contribution in [1.29, 1.82) is 0 Å². The zero-order chi connectivity index (χ0) is 24.1. The molecule has 4 rings (SSSR count). The van der Waals surface area contributed by atoms with Crippen molar-refractivity contribution in [2.24, 2.45) is 4.99 Å². The number of hydrogen-bond acceptors (Lipinski definition) is 7. The fourth-order valence-corrected chi connectivity index (χ4v) is 4.40. The molecule has 35 heavy (non-hydrogen) atoms. The molecule has 1 N–H and O–H groups in total. The quantitative estimate of drug-likeness (QED) is 0.365. The fourth-order valence-electron chi connectivity index (χ4n) is 3.56. The van der Waals surface area contributed by atoms with E-state index in [-0.39, 0.29) is 41.9 Å². The molecule has 174 valence electrons. The number of nitrogens with one attached hydrogen (secondary N) is 1. The van der Waals surface area contributed by atoms with E-state index in [1.165, 1.54) is 11.8 Å². The van der Waals surface area contributed by atoms with E-state index in [2.05, 4.69) is 10.3 Å². The first-order valence-corrected chi connectivity index (χ1v) is 11.7. The van der Waals surface area contributed by atoms with Gasteiger partial charge in [-0.1, -0.05) is 24.3 Å². The summed E-state index contributed by atoms with van der Waals surface area (Å²) < 4.78 is 11.6. The van der Waals surface area contributed by atoms with E-state index in [0.717, 1.165) is 22.1 Å². The van der Waals surface area contributed by atoms with Crippen LogP contribution >= 0.6 is 11.8 Å². The number of benzene rings is 3. The number of ether oxygens (including phenoxy) is 2. The topological polar surface area (TPSA) is 100 Å². The molecule has 0 saturated carbocycles. The van der Waals surface area contributed by atoms with Crippen molar-refractivity contribution in [1.82, 2.24) is 5.32 Å². The van der Waals surface area contributed by atoms with Crippen molar-refractivity contribution in [2.75, 3.05) is 13.2 Å². The van der Waals surface area contributed by atoms with Gasteiger partial charge in [0.1, 0.15) is 11.5 Å². The summed E-state index contributed by atoms with van der Waals surface area (Å²) in [5.74, 6) is 0.0646. The Balaban J connectivity index is 0.00000342. The summed E-state index contributed by atoms with van der Waals surface area (Å²) in [6.45, 7) is 4.90. The van der Waals surface area contributed by atoms with E-state index in [1.54, 1.807) is 30.3 Å². The Labute approximate surface area is 229 Å². The van der Waals surface area contributed by atoms with Gasteiger partial charge in [-0.25, -0.2) is 4.99 Å². The van der Waals surface area contributed by atoms with Crippen LogP contribution in [0.5, 0.6) is 11.5 Å². The average Bonchev–Trinajstić information content (AvgIpc) is 3.14. The molecule has 0 atom stereocenters. The minimum absolute atomic E-state index is 0. The third-order valence-electron chi connectivity index (χ3n) is 5.02. The van der Waals surface area contributed by atoms with Crippen molar-refractivity contribution in [3.63, 3.8) is 0 Å². The van der Waals surface area contributed by atoms with Gasteiger partial charge in [0.05, 0.1) is 23.8 Å². The van der Waals surface area contributed by atoms with Crippen LogP contribution < -0.4 is 49.5 Å². The molecule has 0 radical (unpaired) electrons. The Hall–Kier alpha value is -2.78. The number of carbonyl (C=O) groups is 2. The fraction of sp³-hybridized carbons (Fsp3) is 0.192. The molecule has 1 amide bonds. The molecule has 0 unspecified atom stereocenters. The summed E-state index contributed by atoms with van der Waals surface area (Å²) in [7, 11) is 0. The smallest absolute Gasteiger partial charge is 0.550 e. The molecule has 9 heteroatoms. The van der Waals surface area contributed by atoms with E-state index in [0.29, 0.717) is 40.3 Å². The van der Waals surface area contributed by atoms with E-state index in [1.807, 2.05) is 44.2 Å². The molecular weight excluding hydrogens is 475 g/mol. The first-order chi connectivity index (χ1) is 16.5. The van der Waals surface area contributed by atoms with E-state index in [4.69, 9.17) is 9.47 Å². The summed E-state index contributed by atoms with van der Waals surface area (Å²) in [5, 5.41) is 15.9. The van der Waals surface area contributed by atoms with Crippen molar-refractivity contribution in [3.8, 4) is 11.5 Å². The third kappa shape index (κ3) is 6.67. The van der Waals surface area contributed by atoms with Gasteiger partial charge in [0.2, 0.25) is 0 Å². The molecule has 0 aliphatic carbocycles. The van der Waals surface area contributed by atoms with Crippen LogP contribution in [0.25, 0.3) is 16.8 Å². The minimum Gasteiger partial charge on any atom is -0.550 e. The van der Waals surface area contributed by atoms with Crippen molar-refractivity contribution in [2.45, 2.75) is 20.3 Å². The number of rotatable bonds is 8. The summed E-state index contributed by atoms with van der Waals surface area (Å²) in [5.41, 5.74) is 2.02. The predicted molar refractivity (Wildman–Crippen MR) is 132 cm³/mol.